The molecule has 0 aliphatic rings. The second-order valence-corrected chi connectivity index (χ2v) is 4.52. The van der Waals surface area contributed by atoms with Crippen LogP contribution in [0.25, 0.3) is 11.1 Å². The quantitative estimate of drug-likeness (QED) is 0.909. The van der Waals surface area contributed by atoms with Gasteiger partial charge in [0.15, 0.2) is 0 Å². The van der Waals surface area contributed by atoms with E-state index in [1.807, 2.05) is 30.3 Å². The lowest BCUT2D eigenvalue weighted by molar-refractivity contribution is -0.128. The molecule has 0 saturated heterocycles. The maximum Gasteiger partial charge on any atom is 0.236 e. The standard InChI is InChI=1S/C16H18N2O/c1-18(16(19)11-17)12-13-6-5-9-15(10-13)14-7-3-2-4-8-14/h2-10H,11-12,17H2,1H3. The third kappa shape index (κ3) is 3.42. The van der Waals surface area contributed by atoms with E-state index in [0.717, 1.165) is 11.1 Å². The van der Waals surface area contributed by atoms with Crippen molar-refractivity contribution in [2.75, 3.05) is 13.6 Å². The maximum atomic E-state index is 11.5. The zero-order valence-corrected chi connectivity index (χ0v) is 11.0. The lowest BCUT2D eigenvalue weighted by atomic mass is 10.0. The summed E-state index contributed by atoms with van der Waals surface area (Å²) in [5, 5.41) is 0. The van der Waals surface area contributed by atoms with Crippen LogP contribution in [0.2, 0.25) is 0 Å². The second kappa shape index (κ2) is 6.16. The fourth-order valence-corrected chi connectivity index (χ4v) is 2.00. The van der Waals surface area contributed by atoms with Crippen LogP contribution in [-0.4, -0.2) is 24.4 Å². The molecule has 0 fully saturated rings. The number of nitrogens with two attached hydrogens (primary N) is 1. The van der Waals surface area contributed by atoms with E-state index in [4.69, 9.17) is 5.73 Å². The van der Waals surface area contributed by atoms with Gasteiger partial charge >= 0.3 is 0 Å². The lowest BCUT2D eigenvalue weighted by Gasteiger charge is -2.16. The number of rotatable bonds is 4. The molecule has 3 heteroatoms. The Bertz CT molecular complexity index is 552. The average Bonchev–Trinajstić information content (AvgIpc) is 2.47. The van der Waals surface area contributed by atoms with E-state index in [1.165, 1.54) is 5.56 Å². The minimum Gasteiger partial charge on any atom is -0.340 e. The molecule has 0 radical (unpaired) electrons. The van der Waals surface area contributed by atoms with Gasteiger partial charge in [0.25, 0.3) is 0 Å². The molecule has 0 bridgehead atoms. The number of benzene rings is 2. The van der Waals surface area contributed by atoms with Gasteiger partial charge in [0.2, 0.25) is 5.91 Å². The zero-order chi connectivity index (χ0) is 13.7. The largest absolute Gasteiger partial charge is 0.340 e. The molecule has 2 aromatic rings. The van der Waals surface area contributed by atoms with Gasteiger partial charge in [0.1, 0.15) is 0 Å². The molecule has 0 aliphatic heterocycles. The molecule has 19 heavy (non-hydrogen) atoms. The van der Waals surface area contributed by atoms with Crippen LogP contribution in [0, 0.1) is 0 Å². The molecule has 98 valence electrons. The molecule has 0 aromatic heterocycles. The fraction of sp³-hybridized carbons (Fsp3) is 0.188. The lowest BCUT2D eigenvalue weighted by Crippen LogP contribution is -2.32. The summed E-state index contributed by atoms with van der Waals surface area (Å²) in [4.78, 5) is 13.1. The van der Waals surface area contributed by atoms with Crippen LogP contribution in [0.4, 0.5) is 0 Å². The van der Waals surface area contributed by atoms with Crippen LogP contribution in [-0.2, 0) is 11.3 Å². The van der Waals surface area contributed by atoms with Crippen molar-refractivity contribution >= 4 is 5.91 Å². The number of hydrogen-bond donors (Lipinski definition) is 1. The molecule has 0 aliphatic carbocycles. The van der Waals surface area contributed by atoms with Crippen molar-refractivity contribution < 1.29 is 4.79 Å². The van der Waals surface area contributed by atoms with Gasteiger partial charge in [-0.25, -0.2) is 0 Å². The highest BCUT2D eigenvalue weighted by atomic mass is 16.2. The summed E-state index contributed by atoms with van der Waals surface area (Å²) >= 11 is 0. The van der Waals surface area contributed by atoms with Gasteiger partial charge in [0, 0.05) is 13.6 Å². The molecule has 2 aromatic carbocycles. The highest BCUT2D eigenvalue weighted by Gasteiger charge is 2.07. The predicted molar refractivity (Wildman–Crippen MR) is 77.4 cm³/mol. The molecule has 2 N–H and O–H groups in total. The Balaban J connectivity index is 2.18. The second-order valence-electron chi connectivity index (χ2n) is 4.52. The van der Waals surface area contributed by atoms with Gasteiger partial charge < -0.3 is 10.6 Å². The molecule has 1 amide bonds. The average molecular weight is 254 g/mol. The minimum atomic E-state index is -0.0508. The van der Waals surface area contributed by atoms with Crippen molar-refractivity contribution in [2.24, 2.45) is 5.73 Å². The summed E-state index contributed by atoms with van der Waals surface area (Å²) in [6, 6.07) is 18.4. The van der Waals surface area contributed by atoms with Crippen LogP contribution in [0.3, 0.4) is 0 Å². The van der Waals surface area contributed by atoms with E-state index in [9.17, 15) is 4.79 Å². The summed E-state index contributed by atoms with van der Waals surface area (Å²) in [5.41, 5.74) is 8.80. The topological polar surface area (TPSA) is 46.3 Å². The first kappa shape index (κ1) is 13.3. The Labute approximate surface area is 113 Å². The summed E-state index contributed by atoms with van der Waals surface area (Å²) in [6.45, 7) is 0.631. The molecule has 2 rings (SSSR count). The van der Waals surface area contributed by atoms with Crippen molar-refractivity contribution in [3.63, 3.8) is 0 Å². The summed E-state index contributed by atoms with van der Waals surface area (Å²) in [5.74, 6) is -0.0508. The number of nitrogens with zero attached hydrogens (tertiary/aromatic N) is 1. The van der Waals surface area contributed by atoms with Gasteiger partial charge in [-0.05, 0) is 22.8 Å². The van der Waals surface area contributed by atoms with E-state index < -0.39 is 0 Å². The van der Waals surface area contributed by atoms with Crippen molar-refractivity contribution in [3.8, 4) is 11.1 Å². The van der Waals surface area contributed by atoms with Gasteiger partial charge in [-0.2, -0.15) is 0 Å². The van der Waals surface area contributed by atoms with Gasteiger partial charge in [0.05, 0.1) is 6.54 Å². The van der Waals surface area contributed by atoms with Gasteiger partial charge in [-0.3, -0.25) is 4.79 Å². The number of amides is 1. The van der Waals surface area contributed by atoms with Crippen LogP contribution in [0.15, 0.2) is 54.6 Å². The zero-order valence-electron chi connectivity index (χ0n) is 11.0. The SMILES string of the molecule is CN(Cc1cccc(-c2ccccc2)c1)C(=O)CN. The predicted octanol–water partition coefficient (Wildman–Crippen LogP) is 2.27. The summed E-state index contributed by atoms with van der Waals surface area (Å²) < 4.78 is 0. The molecule has 0 atom stereocenters. The first-order valence-corrected chi connectivity index (χ1v) is 6.29. The van der Waals surface area contributed by atoms with Crippen molar-refractivity contribution in [1.82, 2.24) is 4.90 Å². The van der Waals surface area contributed by atoms with Crippen LogP contribution < -0.4 is 5.73 Å². The first-order valence-electron chi connectivity index (χ1n) is 6.29. The Kier molecular flexibility index (Phi) is 4.31. The smallest absolute Gasteiger partial charge is 0.236 e. The molecule has 0 saturated carbocycles. The third-order valence-electron chi connectivity index (χ3n) is 3.05. The van der Waals surface area contributed by atoms with Gasteiger partial charge in [-0.1, -0.05) is 48.5 Å². The number of carbonyl (C=O) groups excluding carboxylic acids is 1. The third-order valence-corrected chi connectivity index (χ3v) is 3.05. The Morgan fingerprint density at radius 2 is 1.74 bits per heavy atom. The Morgan fingerprint density at radius 3 is 2.42 bits per heavy atom. The maximum absolute atomic E-state index is 11.5. The van der Waals surface area contributed by atoms with Crippen LogP contribution in [0.5, 0.6) is 0 Å². The van der Waals surface area contributed by atoms with Crippen molar-refractivity contribution in [2.45, 2.75) is 6.54 Å². The Morgan fingerprint density at radius 1 is 1.05 bits per heavy atom. The van der Waals surface area contributed by atoms with E-state index >= 15 is 0 Å². The number of carbonyl (C=O) groups is 1. The Hall–Kier alpha value is -2.13. The van der Waals surface area contributed by atoms with Crippen LogP contribution >= 0.6 is 0 Å². The van der Waals surface area contributed by atoms with Crippen molar-refractivity contribution in [1.29, 1.82) is 0 Å². The van der Waals surface area contributed by atoms with E-state index in [2.05, 4.69) is 24.3 Å². The molecule has 0 spiro atoms. The molecule has 0 heterocycles. The summed E-state index contributed by atoms with van der Waals surface area (Å²) in [6.07, 6.45) is 0. The van der Waals surface area contributed by atoms with E-state index in [-0.39, 0.29) is 12.5 Å². The molecule has 0 unspecified atom stereocenters. The highest BCUT2D eigenvalue weighted by molar-refractivity contribution is 5.77. The minimum absolute atomic E-state index is 0.0505. The number of hydrogen-bond acceptors (Lipinski definition) is 2. The molecular weight excluding hydrogens is 236 g/mol. The molecule has 3 nitrogen and oxygen atoms in total. The van der Waals surface area contributed by atoms with E-state index in [1.54, 1.807) is 11.9 Å². The molecular formula is C16H18N2O. The normalized spacial score (nSPS) is 10.2. The monoisotopic (exact) mass is 254 g/mol. The highest BCUT2D eigenvalue weighted by Crippen LogP contribution is 2.20. The first-order chi connectivity index (χ1) is 9.20. The van der Waals surface area contributed by atoms with Crippen LogP contribution in [0.1, 0.15) is 5.56 Å². The number of likely N-dealkylation sites (N-methyl/N-ethyl adjacent to an activating group) is 1. The van der Waals surface area contributed by atoms with E-state index in [0.29, 0.717) is 6.54 Å². The summed E-state index contributed by atoms with van der Waals surface area (Å²) in [7, 11) is 1.77. The van der Waals surface area contributed by atoms with Crippen molar-refractivity contribution in [3.05, 3.63) is 60.2 Å². The fourth-order valence-electron chi connectivity index (χ4n) is 2.00. The van der Waals surface area contributed by atoms with Gasteiger partial charge in [-0.15, -0.1) is 0 Å².